The third kappa shape index (κ3) is 3.22. The first-order valence-corrected chi connectivity index (χ1v) is 8.64. The van der Waals surface area contributed by atoms with Crippen molar-refractivity contribution in [1.29, 1.82) is 0 Å². The van der Waals surface area contributed by atoms with Crippen LogP contribution in [0.3, 0.4) is 0 Å². The molecule has 2 unspecified atom stereocenters. The maximum absolute atomic E-state index is 6.37. The first kappa shape index (κ1) is 16.3. The molecule has 2 rings (SSSR count). The lowest BCUT2D eigenvalue weighted by atomic mass is 9.68. The van der Waals surface area contributed by atoms with Gasteiger partial charge in [0.15, 0.2) is 0 Å². The van der Waals surface area contributed by atoms with Crippen LogP contribution in [-0.2, 0) is 4.74 Å². The van der Waals surface area contributed by atoms with Crippen LogP contribution in [0.1, 0.15) is 80.1 Å². The summed E-state index contributed by atoms with van der Waals surface area (Å²) in [7, 11) is 0. The van der Waals surface area contributed by atoms with E-state index >= 15 is 0 Å². The Bertz CT molecular complexity index is 328. The molecule has 2 aliphatic rings. The molecule has 1 saturated carbocycles. The van der Waals surface area contributed by atoms with Crippen molar-refractivity contribution < 1.29 is 4.74 Å². The van der Waals surface area contributed by atoms with E-state index in [-0.39, 0.29) is 11.2 Å². The molecular weight excluding hydrogens is 246 g/mol. The second-order valence-corrected chi connectivity index (χ2v) is 8.57. The summed E-state index contributed by atoms with van der Waals surface area (Å²) in [6.07, 6.45) is 7.94. The van der Waals surface area contributed by atoms with Crippen LogP contribution in [0.15, 0.2) is 0 Å². The van der Waals surface area contributed by atoms with Gasteiger partial charge >= 0.3 is 0 Å². The number of ether oxygens (including phenoxy) is 1. The van der Waals surface area contributed by atoms with E-state index in [1.807, 2.05) is 0 Å². The fraction of sp³-hybridized carbons (Fsp3) is 1.00. The van der Waals surface area contributed by atoms with Gasteiger partial charge in [-0.2, -0.15) is 0 Å². The first-order chi connectivity index (χ1) is 9.20. The summed E-state index contributed by atoms with van der Waals surface area (Å²) in [6.45, 7) is 15.0. The highest BCUT2D eigenvalue weighted by Gasteiger charge is 2.53. The molecule has 2 nitrogen and oxygen atoms in total. The van der Waals surface area contributed by atoms with E-state index < -0.39 is 0 Å². The lowest BCUT2D eigenvalue weighted by Gasteiger charge is -2.43. The van der Waals surface area contributed by atoms with Crippen molar-refractivity contribution in [1.82, 2.24) is 5.32 Å². The molecule has 0 radical (unpaired) electrons. The third-order valence-corrected chi connectivity index (χ3v) is 5.66. The molecule has 0 aromatic rings. The molecule has 1 N–H and O–H groups in total. The SMILES string of the molecule is CCCNC(C1CC(C)(C)OC1(C)C)C1(C)CCCC1. The number of rotatable bonds is 5. The average Bonchev–Trinajstić information content (AvgIpc) is 2.82. The smallest absolute Gasteiger partial charge is 0.0677 e. The van der Waals surface area contributed by atoms with E-state index in [0.717, 1.165) is 6.54 Å². The van der Waals surface area contributed by atoms with Crippen LogP contribution in [0, 0.1) is 11.3 Å². The molecule has 2 fully saturated rings. The van der Waals surface area contributed by atoms with Gasteiger partial charge in [-0.25, -0.2) is 0 Å². The van der Waals surface area contributed by atoms with Crippen LogP contribution in [-0.4, -0.2) is 23.8 Å². The van der Waals surface area contributed by atoms with Crippen LogP contribution in [0.5, 0.6) is 0 Å². The molecule has 0 spiro atoms. The Kier molecular flexibility index (Phi) is 4.57. The van der Waals surface area contributed by atoms with Crippen LogP contribution < -0.4 is 5.32 Å². The van der Waals surface area contributed by atoms with Gasteiger partial charge in [-0.15, -0.1) is 0 Å². The van der Waals surface area contributed by atoms with Crippen molar-refractivity contribution in [3.8, 4) is 0 Å². The fourth-order valence-electron chi connectivity index (χ4n) is 4.79. The van der Waals surface area contributed by atoms with Gasteiger partial charge in [0.1, 0.15) is 0 Å². The molecule has 2 heteroatoms. The summed E-state index contributed by atoms with van der Waals surface area (Å²) in [5.41, 5.74) is 0.469. The van der Waals surface area contributed by atoms with E-state index in [4.69, 9.17) is 4.74 Å². The maximum Gasteiger partial charge on any atom is 0.0677 e. The van der Waals surface area contributed by atoms with Gasteiger partial charge in [0, 0.05) is 12.0 Å². The molecule has 1 saturated heterocycles. The Morgan fingerprint density at radius 1 is 1.10 bits per heavy atom. The number of nitrogens with one attached hydrogen (secondary N) is 1. The van der Waals surface area contributed by atoms with Crippen molar-refractivity contribution in [2.75, 3.05) is 6.54 Å². The first-order valence-electron chi connectivity index (χ1n) is 8.64. The van der Waals surface area contributed by atoms with Crippen molar-refractivity contribution in [3.63, 3.8) is 0 Å². The summed E-state index contributed by atoms with van der Waals surface area (Å²) < 4.78 is 6.37. The minimum absolute atomic E-state index is 0.0134. The van der Waals surface area contributed by atoms with Gasteiger partial charge in [0.05, 0.1) is 11.2 Å². The summed E-state index contributed by atoms with van der Waals surface area (Å²) in [5, 5.41) is 3.91. The highest BCUT2D eigenvalue weighted by molar-refractivity contribution is 5.05. The van der Waals surface area contributed by atoms with Gasteiger partial charge < -0.3 is 10.1 Å². The lowest BCUT2D eigenvalue weighted by Crippen LogP contribution is -2.52. The zero-order valence-electron chi connectivity index (χ0n) is 14.5. The lowest BCUT2D eigenvalue weighted by molar-refractivity contribution is -0.0825. The maximum atomic E-state index is 6.37. The third-order valence-electron chi connectivity index (χ3n) is 5.66. The monoisotopic (exact) mass is 281 g/mol. The minimum atomic E-state index is -0.0134. The van der Waals surface area contributed by atoms with Crippen LogP contribution >= 0.6 is 0 Å². The standard InChI is InChI=1S/C18H35NO/c1-7-12-19-15(18(6)10-8-9-11-18)14-13-16(2,3)20-17(14,4)5/h14-15,19H,7-13H2,1-6H3. The highest BCUT2D eigenvalue weighted by atomic mass is 16.5. The second-order valence-electron chi connectivity index (χ2n) is 8.57. The number of hydrogen-bond donors (Lipinski definition) is 1. The molecule has 1 heterocycles. The molecule has 1 aliphatic heterocycles. The molecule has 0 amide bonds. The van der Waals surface area contributed by atoms with Crippen molar-refractivity contribution in [2.45, 2.75) is 97.3 Å². The molecule has 0 aromatic heterocycles. The molecule has 0 aromatic carbocycles. The van der Waals surface area contributed by atoms with Crippen LogP contribution in [0.4, 0.5) is 0 Å². The summed E-state index contributed by atoms with van der Waals surface area (Å²) >= 11 is 0. The Morgan fingerprint density at radius 2 is 1.70 bits per heavy atom. The van der Waals surface area contributed by atoms with Gasteiger partial charge in [0.25, 0.3) is 0 Å². The van der Waals surface area contributed by atoms with E-state index in [0.29, 0.717) is 17.4 Å². The average molecular weight is 281 g/mol. The van der Waals surface area contributed by atoms with E-state index in [2.05, 4.69) is 46.9 Å². The Balaban J connectivity index is 2.22. The largest absolute Gasteiger partial charge is 0.369 e. The normalized spacial score (nSPS) is 32.4. The Labute approximate surface area is 126 Å². The van der Waals surface area contributed by atoms with Crippen molar-refractivity contribution >= 4 is 0 Å². The molecule has 118 valence electrons. The van der Waals surface area contributed by atoms with E-state index in [9.17, 15) is 0 Å². The Morgan fingerprint density at radius 3 is 2.15 bits per heavy atom. The topological polar surface area (TPSA) is 21.3 Å². The van der Waals surface area contributed by atoms with E-state index in [1.54, 1.807) is 0 Å². The van der Waals surface area contributed by atoms with Crippen molar-refractivity contribution in [3.05, 3.63) is 0 Å². The zero-order valence-corrected chi connectivity index (χ0v) is 14.5. The second kappa shape index (κ2) is 5.61. The van der Waals surface area contributed by atoms with Gasteiger partial charge in [-0.1, -0.05) is 26.7 Å². The van der Waals surface area contributed by atoms with Gasteiger partial charge in [0.2, 0.25) is 0 Å². The quantitative estimate of drug-likeness (QED) is 0.799. The summed E-state index contributed by atoms with van der Waals surface area (Å²) in [5.74, 6) is 0.618. The fourth-order valence-corrected chi connectivity index (χ4v) is 4.79. The number of hydrogen-bond acceptors (Lipinski definition) is 2. The summed E-state index contributed by atoms with van der Waals surface area (Å²) in [4.78, 5) is 0. The van der Waals surface area contributed by atoms with Crippen LogP contribution in [0.25, 0.3) is 0 Å². The minimum Gasteiger partial charge on any atom is -0.369 e. The van der Waals surface area contributed by atoms with Gasteiger partial charge in [-0.05, 0) is 65.3 Å². The van der Waals surface area contributed by atoms with Gasteiger partial charge in [-0.3, -0.25) is 0 Å². The van der Waals surface area contributed by atoms with Crippen LogP contribution in [0.2, 0.25) is 0 Å². The highest BCUT2D eigenvalue weighted by Crippen LogP contribution is 2.51. The molecule has 2 atom stereocenters. The van der Waals surface area contributed by atoms with E-state index in [1.165, 1.54) is 38.5 Å². The Hall–Kier alpha value is -0.0800. The molecular formula is C18H35NO. The predicted octanol–water partition coefficient (Wildman–Crippen LogP) is 4.53. The molecule has 20 heavy (non-hydrogen) atoms. The summed E-state index contributed by atoms with van der Waals surface area (Å²) in [6, 6.07) is 0.599. The molecule has 1 aliphatic carbocycles. The van der Waals surface area contributed by atoms with Crippen molar-refractivity contribution in [2.24, 2.45) is 11.3 Å². The predicted molar refractivity (Wildman–Crippen MR) is 86.0 cm³/mol. The molecule has 0 bridgehead atoms. The zero-order chi connectivity index (χ0) is 15.0.